The summed E-state index contributed by atoms with van der Waals surface area (Å²) in [6.07, 6.45) is -7.64. The van der Waals surface area contributed by atoms with Crippen molar-refractivity contribution in [3.8, 4) is 17.2 Å². The molecule has 0 spiro atoms. The molecule has 8 unspecified atom stereocenters. The number of likely N-dealkylation sites (tertiary alicyclic amines) is 3. The summed E-state index contributed by atoms with van der Waals surface area (Å²) in [7, 11) is 0. The predicted octanol–water partition coefficient (Wildman–Crippen LogP) is 11.2. The number of tetrazole rings is 1. The maximum Gasteiger partial charge on any atom is 0.412 e. The van der Waals surface area contributed by atoms with Crippen LogP contribution in [0.15, 0.2) is 150 Å². The van der Waals surface area contributed by atoms with Gasteiger partial charge in [0, 0.05) is 147 Å². The van der Waals surface area contributed by atoms with E-state index in [1.807, 2.05) is 0 Å². The van der Waals surface area contributed by atoms with Crippen LogP contribution in [0.25, 0.3) is 32.7 Å². The number of aromatic nitrogens is 9. The van der Waals surface area contributed by atoms with Crippen LogP contribution in [0.2, 0.25) is 15.1 Å². The summed E-state index contributed by atoms with van der Waals surface area (Å²) in [4.78, 5) is 184. The first-order valence-electron chi connectivity index (χ1n) is 39.7. The second-order valence-electron chi connectivity index (χ2n) is 30.4. The van der Waals surface area contributed by atoms with Crippen molar-refractivity contribution >= 4 is 161 Å². The largest absolute Gasteiger partial charge is 0.412 e. The number of fused-ring (bicyclic) bond motifs is 3. The van der Waals surface area contributed by atoms with Crippen molar-refractivity contribution in [1.29, 1.82) is 0 Å². The molecule has 0 bridgehead atoms. The molecule has 3 saturated heterocycles. The van der Waals surface area contributed by atoms with Crippen molar-refractivity contribution in [2.24, 2.45) is 11.8 Å². The molecular formula is C85H73Cl3F6N18O15S2. The Labute approximate surface area is 749 Å². The number of carbonyl (C=O) groups is 12. The van der Waals surface area contributed by atoms with Gasteiger partial charge in [0.2, 0.25) is 35.4 Å². The normalized spacial score (nSPS) is 17.8. The number of hydrogen-bond acceptors (Lipinski definition) is 22. The van der Waals surface area contributed by atoms with Gasteiger partial charge in [0.15, 0.2) is 23.2 Å². The third-order valence-electron chi connectivity index (χ3n) is 22.2. The molecule has 15 rings (SSSR count). The van der Waals surface area contributed by atoms with E-state index >= 15 is 45.9 Å². The number of rotatable bonds is 31. The number of carbonyl (C=O) groups excluding carboxylic acids is 12. The lowest BCUT2D eigenvalue weighted by molar-refractivity contribution is -0.139. The van der Waals surface area contributed by atoms with Crippen molar-refractivity contribution < 1.29 is 98.1 Å². The molecule has 7 N–H and O–H groups in total. The Hall–Kier alpha value is -13.6. The average molecular weight is 1870 g/mol. The molecule has 129 heavy (non-hydrogen) atoms. The highest BCUT2D eigenvalue weighted by atomic mass is 35.5. The molecule has 3 fully saturated rings. The number of H-pyrrole nitrogens is 1. The van der Waals surface area contributed by atoms with Gasteiger partial charge >= 0.3 is 18.3 Å². The Morgan fingerprint density at radius 3 is 1.34 bits per heavy atom. The number of nitrogens with one attached hydrogen (secondary N) is 7. The molecule has 0 radical (unpaired) electrons. The zero-order chi connectivity index (χ0) is 91.2. The molecule has 668 valence electrons. The van der Waals surface area contributed by atoms with E-state index in [1.54, 1.807) is 16.3 Å². The van der Waals surface area contributed by atoms with Gasteiger partial charge in [-0.1, -0.05) is 71.2 Å². The number of hydrogen-bond donors (Lipinski definition) is 7. The molecule has 12 aromatic rings. The van der Waals surface area contributed by atoms with E-state index in [0.717, 1.165) is 20.9 Å². The summed E-state index contributed by atoms with van der Waals surface area (Å²) in [5, 5.41) is 31.1. The molecule has 3 aliphatic heterocycles. The summed E-state index contributed by atoms with van der Waals surface area (Å²) in [6, 6.07) is 18.8. The first kappa shape index (κ1) is 90.2. The number of aromatic amines is 1. The van der Waals surface area contributed by atoms with Gasteiger partial charge in [-0.15, -0.1) is 27.8 Å². The minimum Gasteiger partial charge on any atom is -0.410 e. The number of halogens is 9. The Morgan fingerprint density at radius 1 is 0.473 bits per heavy atom. The molecule has 8 atom stereocenters. The zero-order valence-electron chi connectivity index (χ0n) is 67.4. The monoisotopic (exact) mass is 1870 g/mol. The zero-order valence-corrected chi connectivity index (χ0v) is 71.3. The summed E-state index contributed by atoms with van der Waals surface area (Å²) < 4.78 is 117. The lowest BCUT2D eigenvalue weighted by atomic mass is 9.90. The van der Waals surface area contributed by atoms with Gasteiger partial charge in [-0.25, -0.2) is 55.8 Å². The second-order valence-corrected chi connectivity index (χ2v) is 33.1. The highest BCUT2D eigenvalue weighted by Gasteiger charge is 2.51. The smallest absolute Gasteiger partial charge is 0.410 e. The van der Waals surface area contributed by atoms with E-state index in [-0.39, 0.29) is 125 Å². The highest BCUT2D eigenvalue weighted by Crippen LogP contribution is 2.40. The first-order chi connectivity index (χ1) is 62.0. The van der Waals surface area contributed by atoms with E-state index in [2.05, 4.69) is 62.5 Å². The molecule has 0 aliphatic carbocycles. The van der Waals surface area contributed by atoms with Gasteiger partial charge in [0.1, 0.15) is 91.0 Å². The van der Waals surface area contributed by atoms with Crippen molar-refractivity contribution in [3.63, 3.8) is 0 Å². The van der Waals surface area contributed by atoms with Gasteiger partial charge in [-0.05, 0) is 78.0 Å². The van der Waals surface area contributed by atoms with Gasteiger partial charge < -0.3 is 74.5 Å². The fraction of sp³-hybridized carbons (Fsp3) is 0.282. The SMILES string of the molecule is CC(=O)c1cn(CC(=O)N2CC(F)C(CC(=O)c3cn(CC(=O)N4CC(F)C(CC(=O)c5cn(CC(=O)N6CC(F)CC6C(=O)NCc6cccc(Cl)c6F)c6ccc(OC(=O)NCc7cscn7)cc56)C4C(=O)NCc4cccc(Cl)c4F)c4cc(OC(=O)NCc5cscn5)ccc34)C2C(=O)NCc2cccc(Cl)c2F)c2cc(OC(=O)NCc3nnn[nH]3)ccc12. The molecule has 6 aromatic carbocycles. The van der Waals surface area contributed by atoms with Crippen LogP contribution in [0.4, 0.5) is 40.7 Å². The fourth-order valence-corrected chi connectivity index (χ4v) is 17.6. The summed E-state index contributed by atoms with van der Waals surface area (Å²) in [5.74, 6) is -14.6. The van der Waals surface area contributed by atoms with Gasteiger partial charge in [-0.3, -0.25) is 43.2 Å². The topological polar surface area (TPSA) is 409 Å². The van der Waals surface area contributed by atoms with Crippen LogP contribution >= 0.6 is 57.5 Å². The number of Topliss-reactive ketones (excluding diaryl/α,β-unsaturated/α-hetero) is 3. The van der Waals surface area contributed by atoms with Crippen LogP contribution in [-0.4, -0.2) is 186 Å². The molecule has 33 nitrogen and oxygen atoms in total. The summed E-state index contributed by atoms with van der Waals surface area (Å²) in [6.45, 7) is -5.21. The fourth-order valence-electron chi connectivity index (χ4n) is 15.9. The molecule has 9 heterocycles. The maximum atomic E-state index is 17.8. The van der Waals surface area contributed by atoms with E-state index in [0.29, 0.717) is 16.8 Å². The highest BCUT2D eigenvalue weighted by molar-refractivity contribution is 7.07. The molecule has 6 aromatic heterocycles. The number of ether oxygens (including phenoxy) is 3. The molecule has 44 heteroatoms. The summed E-state index contributed by atoms with van der Waals surface area (Å²) >= 11 is 20.8. The van der Waals surface area contributed by atoms with Crippen LogP contribution in [0, 0.1) is 29.3 Å². The lowest BCUT2D eigenvalue weighted by Gasteiger charge is -2.27. The summed E-state index contributed by atoms with van der Waals surface area (Å²) in [5.41, 5.74) is 3.54. The third-order valence-corrected chi connectivity index (χ3v) is 24.3. The number of nitrogens with zero attached hydrogens (tertiary/aromatic N) is 11. The Kier molecular flexibility index (Phi) is 27.5. The Bertz CT molecular complexity index is 6390. The molecule has 0 saturated carbocycles. The van der Waals surface area contributed by atoms with Gasteiger partial charge in [-0.2, -0.15) is 0 Å². The van der Waals surface area contributed by atoms with Crippen molar-refractivity contribution in [2.75, 3.05) is 19.6 Å². The molecule has 9 amide bonds. The van der Waals surface area contributed by atoms with E-state index < -0.39 is 209 Å². The lowest BCUT2D eigenvalue weighted by Crippen LogP contribution is -2.49. The number of amides is 9. The predicted molar refractivity (Wildman–Crippen MR) is 453 cm³/mol. The molecular weight excluding hydrogens is 1800 g/mol. The van der Waals surface area contributed by atoms with Crippen LogP contribution in [0.1, 0.15) is 91.2 Å². The van der Waals surface area contributed by atoms with E-state index in [1.165, 1.54) is 170 Å². The van der Waals surface area contributed by atoms with Gasteiger partial charge in [0.25, 0.3) is 0 Å². The minimum atomic E-state index is -2.26. The number of benzene rings is 6. The quantitative estimate of drug-likeness (QED) is 0.0157. The first-order valence-corrected chi connectivity index (χ1v) is 42.7. The second kappa shape index (κ2) is 39.3. The minimum absolute atomic E-state index is 0.00160. The van der Waals surface area contributed by atoms with E-state index in [4.69, 9.17) is 49.0 Å². The molecule has 3 aliphatic rings. The number of ketones is 3. The Morgan fingerprint density at radius 2 is 0.891 bits per heavy atom. The standard InChI is InChI=1S/C85H73Cl3F6N18O15S2/c1-42(113)57-30-108(66-19-50(11-14-52(57)66)127-85(124)100-28-71-103-105-106-104-71)36-73(117)111-33-63(90)55(78(111)81(120)96-24-44-6-3-9-61(87)76(44)93)21-69(114)58-31-109(67-20-51(12-15-53(58)67)126-84(123)99-27-48-39-129-41-102-48)37-74(118)112-34-64(91)56(79(112)82(121)97-25-45-7-4-10-62(88)77(45)94)22-70(115)59-32-107(65-16-13-49(18-54(59)65)125-83(122)98-26-47-38-128-40-101-47)35-72(116)110-29-46(89)17-68(110)80(119)95-23-43-5-2-8-60(86)75(43)92/h2-16,18-20,30-32,38-41,46,55-56,63-64,68,78-79H,17,21-29,33-37H2,1H3,(H,95,119)(H,96,120)(H,97,121)(H,98,122)(H,99,123)(H,100,124)(H,103,104,105,106). The van der Waals surface area contributed by atoms with Crippen LogP contribution in [0.3, 0.4) is 0 Å². The van der Waals surface area contributed by atoms with E-state index in [9.17, 15) is 38.0 Å². The average Bonchev–Trinajstić information content (AvgIpc) is 1.62. The van der Waals surface area contributed by atoms with Gasteiger partial charge in [0.05, 0.1) is 87.8 Å². The van der Waals surface area contributed by atoms with Crippen LogP contribution in [-0.2, 0) is 87.7 Å². The van der Waals surface area contributed by atoms with Crippen molar-refractivity contribution in [2.45, 2.75) is 122 Å². The maximum absolute atomic E-state index is 17.8. The number of thiazole rings is 2. The number of alkyl halides is 3. The Balaban J connectivity index is 0.739. The van der Waals surface area contributed by atoms with Crippen molar-refractivity contribution in [3.05, 3.63) is 233 Å². The van der Waals surface area contributed by atoms with Crippen LogP contribution < -0.4 is 46.1 Å². The van der Waals surface area contributed by atoms with Crippen molar-refractivity contribution in [1.82, 2.24) is 90.9 Å². The van der Waals surface area contributed by atoms with Crippen LogP contribution in [0.5, 0.6) is 17.2 Å². The third kappa shape index (κ3) is 20.3.